The van der Waals surface area contributed by atoms with Gasteiger partial charge in [0, 0.05) is 25.6 Å². The van der Waals surface area contributed by atoms with E-state index in [-0.39, 0.29) is 29.8 Å². The molecule has 7 heteroatoms. The lowest BCUT2D eigenvalue weighted by Gasteiger charge is -2.41. The molecule has 3 N–H and O–H groups in total. The first-order valence-electron chi connectivity index (χ1n) is 7.62. The maximum absolute atomic E-state index is 12.2. The first-order valence-corrected chi connectivity index (χ1v) is 7.62. The molecule has 0 aromatic heterocycles. The number of carbonyl (C=O) groups is 3. The first-order chi connectivity index (χ1) is 10.0. The highest BCUT2D eigenvalue weighted by molar-refractivity contribution is 5.83. The van der Waals surface area contributed by atoms with E-state index in [0.717, 1.165) is 25.7 Å². The second kappa shape index (κ2) is 5.54. The smallest absolute Gasteiger partial charge is 0.326 e. The number of hydrogen-bond donors (Lipinski definition) is 3. The molecule has 0 bridgehead atoms. The monoisotopic (exact) mass is 295 g/mol. The number of aliphatic carboxylic acids is 1. The van der Waals surface area contributed by atoms with Gasteiger partial charge in [0.2, 0.25) is 5.91 Å². The van der Waals surface area contributed by atoms with Gasteiger partial charge in [0.25, 0.3) is 0 Å². The number of nitrogens with zero attached hydrogens (tertiary/aromatic N) is 1. The first kappa shape index (κ1) is 14.2. The fourth-order valence-corrected chi connectivity index (χ4v) is 3.33. The predicted molar refractivity (Wildman–Crippen MR) is 73.5 cm³/mol. The van der Waals surface area contributed by atoms with E-state index in [9.17, 15) is 14.4 Å². The molecule has 0 aromatic rings. The number of likely N-dealkylation sites (tertiary alicyclic amines) is 1. The number of urea groups is 1. The van der Waals surface area contributed by atoms with E-state index in [1.807, 2.05) is 0 Å². The Kier molecular flexibility index (Phi) is 3.73. The van der Waals surface area contributed by atoms with Crippen LogP contribution in [-0.2, 0) is 9.59 Å². The van der Waals surface area contributed by atoms with Crippen LogP contribution in [0.15, 0.2) is 0 Å². The number of piperidine rings is 2. The van der Waals surface area contributed by atoms with Crippen LogP contribution < -0.4 is 10.6 Å². The molecule has 2 saturated heterocycles. The highest BCUT2D eigenvalue weighted by atomic mass is 16.4. The van der Waals surface area contributed by atoms with Crippen molar-refractivity contribution in [2.24, 2.45) is 11.8 Å². The van der Waals surface area contributed by atoms with Crippen molar-refractivity contribution in [3.8, 4) is 0 Å². The number of carbonyl (C=O) groups excluding carboxylic acids is 2. The van der Waals surface area contributed by atoms with Crippen LogP contribution in [0.2, 0.25) is 0 Å². The topological polar surface area (TPSA) is 98.7 Å². The van der Waals surface area contributed by atoms with Crippen LogP contribution in [0.3, 0.4) is 0 Å². The molecule has 3 fully saturated rings. The third kappa shape index (κ3) is 3.11. The van der Waals surface area contributed by atoms with E-state index in [1.54, 1.807) is 4.90 Å². The summed E-state index contributed by atoms with van der Waals surface area (Å²) in [5.41, 5.74) is 0. The van der Waals surface area contributed by atoms with Crippen LogP contribution in [0.5, 0.6) is 0 Å². The van der Waals surface area contributed by atoms with Crippen molar-refractivity contribution < 1.29 is 19.5 Å². The van der Waals surface area contributed by atoms with Crippen LogP contribution in [0, 0.1) is 11.8 Å². The highest BCUT2D eigenvalue weighted by Crippen LogP contribution is 2.33. The van der Waals surface area contributed by atoms with Crippen molar-refractivity contribution in [1.82, 2.24) is 15.5 Å². The van der Waals surface area contributed by atoms with E-state index in [4.69, 9.17) is 5.11 Å². The Labute approximate surface area is 123 Å². The minimum Gasteiger partial charge on any atom is -0.480 e. The highest BCUT2D eigenvalue weighted by Gasteiger charge is 2.40. The number of rotatable bonds is 3. The Morgan fingerprint density at radius 3 is 2.71 bits per heavy atom. The van der Waals surface area contributed by atoms with Gasteiger partial charge in [-0.15, -0.1) is 0 Å². The van der Waals surface area contributed by atoms with E-state index in [2.05, 4.69) is 10.6 Å². The standard InChI is InChI=1S/C14H21N3O4/c18-11-4-3-9-7-17(6-5-10(9)15-11)14(21)16-12(13(19)20)8-1-2-8/h8-10,12H,1-7H2,(H,15,18)(H,16,21)(H,19,20). The molecule has 3 rings (SSSR count). The molecule has 3 aliphatic rings. The van der Waals surface area contributed by atoms with Gasteiger partial charge in [0.05, 0.1) is 0 Å². The summed E-state index contributed by atoms with van der Waals surface area (Å²) in [7, 11) is 0. The summed E-state index contributed by atoms with van der Waals surface area (Å²) in [5.74, 6) is -0.496. The summed E-state index contributed by atoms with van der Waals surface area (Å²) >= 11 is 0. The molecular formula is C14H21N3O4. The zero-order chi connectivity index (χ0) is 15.0. The zero-order valence-corrected chi connectivity index (χ0v) is 11.9. The molecule has 3 atom stereocenters. The number of nitrogens with one attached hydrogen (secondary N) is 2. The summed E-state index contributed by atoms with van der Waals surface area (Å²) < 4.78 is 0. The molecule has 1 aliphatic carbocycles. The van der Waals surface area contributed by atoms with E-state index in [1.165, 1.54) is 0 Å². The largest absolute Gasteiger partial charge is 0.480 e. The predicted octanol–water partition coefficient (Wildman–Crippen LogP) is 0.160. The maximum Gasteiger partial charge on any atom is 0.326 e. The molecular weight excluding hydrogens is 274 g/mol. The van der Waals surface area contributed by atoms with Gasteiger partial charge in [-0.05, 0) is 37.5 Å². The Bertz CT molecular complexity index is 463. The van der Waals surface area contributed by atoms with Gasteiger partial charge in [-0.3, -0.25) is 4.79 Å². The normalized spacial score (nSPS) is 30.1. The van der Waals surface area contributed by atoms with Crippen LogP contribution in [0.4, 0.5) is 4.79 Å². The lowest BCUT2D eigenvalue weighted by molar-refractivity contribution is -0.139. The van der Waals surface area contributed by atoms with Gasteiger partial charge >= 0.3 is 12.0 Å². The zero-order valence-electron chi connectivity index (χ0n) is 11.9. The number of hydrogen-bond acceptors (Lipinski definition) is 3. The van der Waals surface area contributed by atoms with Gasteiger partial charge in [0.1, 0.15) is 6.04 Å². The Morgan fingerprint density at radius 1 is 1.29 bits per heavy atom. The van der Waals surface area contributed by atoms with E-state index < -0.39 is 12.0 Å². The van der Waals surface area contributed by atoms with E-state index in [0.29, 0.717) is 19.5 Å². The fourth-order valence-electron chi connectivity index (χ4n) is 3.33. The average Bonchev–Trinajstić information content (AvgIpc) is 3.28. The second-order valence-corrected chi connectivity index (χ2v) is 6.31. The average molecular weight is 295 g/mol. The molecule has 0 radical (unpaired) electrons. The van der Waals surface area contributed by atoms with Gasteiger partial charge in [0.15, 0.2) is 0 Å². The number of fused-ring (bicyclic) bond motifs is 1. The van der Waals surface area contributed by atoms with Gasteiger partial charge < -0.3 is 20.6 Å². The summed E-state index contributed by atoms with van der Waals surface area (Å²) in [6.07, 6.45) is 3.79. The summed E-state index contributed by atoms with van der Waals surface area (Å²) in [6, 6.07) is -0.889. The van der Waals surface area contributed by atoms with Crippen molar-refractivity contribution in [2.45, 2.75) is 44.2 Å². The second-order valence-electron chi connectivity index (χ2n) is 6.31. The van der Waals surface area contributed by atoms with E-state index >= 15 is 0 Å². The molecule has 2 aliphatic heterocycles. The third-order valence-corrected chi connectivity index (χ3v) is 4.75. The Morgan fingerprint density at radius 2 is 2.05 bits per heavy atom. The number of carboxylic acid groups (broad SMARTS) is 1. The summed E-state index contributed by atoms with van der Waals surface area (Å²) in [6.45, 7) is 1.15. The quantitative estimate of drug-likeness (QED) is 0.690. The molecule has 0 spiro atoms. The van der Waals surface area contributed by atoms with Gasteiger partial charge in [-0.2, -0.15) is 0 Å². The Balaban J connectivity index is 1.56. The van der Waals surface area contributed by atoms with Crippen molar-refractivity contribution in [3.63, 3.8) is 0 Å². The molecule has 3 unspecified atom stereocenters. The van der Waals surface area contributed by atoms with Crippen LogP contribution in [0.25, 0.3) is 0 Å². The molecule has 3 amide bonds. The number of carboxylic acids is 1. The van der Waals surface area contributed by atoms with Crippen molar-refractivity contribution in [2.75, 3.05) is 13.1 Å². The van der Waals surface area contributed by atoms with Crippen molar-refractivity contribution in [3.05, 3.63) is 0 Å². The number of amides is 3. The molecule has 2 heterocycles. The minimum absolute atomic E-state index is 0.0814. The maximum atomic E-state index is 12.2. The molecule has 21 heavy (non-hydrogen) atoms. The van der Waals surface area contributed by atoms with Gasteiger partial charge in [-0.25, -0.2) is 9.59 Å². The van der Waals surface area contributed by atoms with Crippen molar-refractivity contribution in [1.29, 1.82) is 0 Å². The van der Waals surface area contributed by atoms with Gasteiger partial charge in [-0.1, -0.05) is 0 Å². The van der Waals surface area contributed by atoms with Crippen LogP contribution >= 0.6 is 0 Å². The lowest BCUT2D eigenvalue weighted by atomic mass is 9.85. The van der Waals surface area contributed by atoms with Crippen molar-refractivity contribution >= 4 is 17.9 Å². The molecule has 7 nitrogen and oxygen atoms in total. The van der Waals surface area contributed by atoms with Crippen LogP contribution in [-0.4, -0.2) is 53.1 Å². The molecule has 116 valence electrons. The van der Waals surface area contributed by atoms with Crippen LogP contribution in [0.1, 0.15) is 32.1 Å². The minimum atomic E-state index is -0.953. The SMILES string of the molecule is O=C1CCC2CN(C(=O)NC(C(=O)O)C3CC3)CCC2N1. The molecule has 1 saturated carbocycles. The summed E-state index contributed by atoms with van der Waals surface area (Å²) in [4.78, 5) is 36.5. The third-order valence-electron chi connectivity index (χ3n) is 4.75. The summed E-state index contributed by atoms with van der Waals surface area (Å²) in [5, 5.41) is 14.8. The Hall–Kier alpha value is -1.79. The fraction of sp³-hybridized carbons (Fsp3) is 0.786. The lowest BCUT2D eigenvalue weighted by Crippen LogP contribution is -2.58. The molecule has 0 aromatic carbocycles.